The van der Waals surface area contributed by atoms with Crippen LogP contribution < -0.4 is 10.6 Å². The molecule has 3 aromatic rings. The number of nitrogens with zero attached hydrogens (tertiary/aromatic N) is 2. The molecule has 0 atom stereocenters. The van der Waals surface area contributed by atoms with Gasteiger partial charge in [0.1, 0.15) is 5.76 Å². The van der Waals surface area contributed by atoms with Gasteiger partial charge in [-0.3, -0.25) is 4.98 Å². The van der Waals surface area contributed by atoms with Gasteiger partial charge in [0.15, 0.2) is 0 Å². The molecule has 4 nitrogen and oxygen atoms in total. The van der Waals surface area contributed by atoms with Gasteiger partial charge in [-0.05, 0) is 24.3 Å². The number of nitrogen functional groups attached to an aromatic ring is 1. The first-order valence-electron chi connectivity index (χ1n) is 6.12. The highest BCUT2D eigenvalue weighted by atomic mass is 16.3. The van der Waals surface area contributed by atoms with Crippen LogP contribution in [0.5, 0.6) is 0 Å². The summed E-state index contributed by atoms with van der Waals surface area (Å²) in [4.78, 5) is 6.47. The standard InChI is InChI=1S/C15H15N3O/c1-18(10-11-4-3-9-19-11)14-7-8-17-15-12(14)5-2-6-13(15)16/h2-9H,10,16H2,1H3. The van der Waals surface area contributed by atoms with Crippen LogP contribution in [0, 0.1) is 0 Å². The third kappa shape index (κ3) is 2.12. The first-order chi connectivity index (χ1) is 9.25. The fourth-order valence-electron chi connectivity index (χ4n) is 2.24. The average molecular weight is 253 g/mol. The summed E-state index contributed by atoms with van der Waals surface area (Å²) in [7, 11) is 2.03. The van der Waals surface area contributed by atoms with Crippen molar-refractivity contribution in [2.45, 2.75) is 6.54 Å². The Kier molecular flexibility index (Phi) is 2.83. The molecule has 19 heavy (non-hydrogen) atoms. The smallest absolute Gasteiger partial charge is 0.123 e. The number of para-hydroxylation sites is 1. The van der Waals surface area contributed by atoms with E-state index < -0.39 is 0 Å². The van der Waals surface area contributed by atoms with Crippen LogP contribution in [0.1, 0.15) is 5.76 Å². The van der Waals surface area contributed by atoms with Crippen LogP contribution in [0.15, 0.2) is 53.3 Å². The summed E-state index contributed by atoms with van der Waals surface area (Å²) in [5, 5.41) is 1.05. The predicted octanol–water partition coefficient (Wildman–Crippen LogP) is 3.05. The van der Waals surface area contributed by atoms with Gasteiger partial charge in [-0.15, -0.1) is 0 Å². The van der Waals surface area contributed by atoms with Crippen LogP contribution in [0.25, 0.3) is 10.9 Å². The minimum Gasteiger partial charge on any atom is -0.467 e. The van der Waals surface area contributed by atoms with Gasteiger partial charge in [-0.2, -0.15) is 0 Å². The molecule has 0 aliphatic rings. The second-order valence-corrected chi connectivity index (χ2v) is 4.51. The van der Waals surface area contributed by atoms with Gasteiger partial charge in [-0.1, -0.05) is 12.1 Å². The van der Waals surface area contributed by atoms with Gasteiger partial charge in [0.25, 0.3) is 0 Å². The van der Waals surface area contributed by atoms with Crippen LogP contribution >= 0.6 is 0 Å². The lowest BCUT2D eigenvalue weighted by molar-refractivity contribution is 0.508. The van der Waals surface area contributed by atoms with Crippen molar-refractivity contribution in [3.05, 3.63) is 54.6 Å². The molecule has 0 fully saturated rings. The number of fused-ring (bicyclic) bond motifs is 1. The van der Waals surface area contributed by atoms with E-state index in [1.165, 1.54) is 0 Å². The normalized spacial score (nSPS) is 10.8. The molecule has 0 unspecified atom stereocenters. The van der Waals surface area contributed by atoms with Gasteiger partial charge >= 0.3 is 0 Å². The molecule has 0 amide bonds. The summed E-state index contributed by atoms with van der Waals surface area (Å²) < 4.78 is 5.38. The van der Waals surface area contributed by atoms with Gasteiger partial charge in [0.05, 0.1) is 24.0 Å². The van der Waals surface area contributed by atoms with Crippen LogP contribution in [0.4, 0.5) is 11.4 Å². The number of hydrogen-bond donors (Lipinski definition) is 1. The van der Waals surface area contributed by atoms with E-state index >= 15 is 0 Å². The largest absolute Gasteiger partial charge is 0.467 e. The van der Waals surface area contributed by atoms with E-state index in [0.717, 1.165) is 22.4 Å². The predicted molar refractivity (Wildman–Crippen MR) is 77.0 cm³/mol. The molecule has 4 heteroatoms. The first-order valence-corrected chi connectivity index (χ1v) is 6.12. The van der Waals surface area contributed by atoms with Crippen molar-refractivity contribution < 1.29 is 4.42 Å². The van der Waals surface area contributed by atoms with Crippen molar-refractivity contribution >= 4 is 22.3 Å². The number of benzene rings is 1. The van der Waals surface area contributed by atoms with Gasteiger partial charge in [0, 0.05) is 24.3 Å². The number of aromatic nitrogens is 1. The molecule has 2 N–H and O–H groups in total. The van der Waals surface area contributed by atoms with E-state index in [2.05, 4.69) is 9.88 Å². The number of furan rings is 1. The van der Waals surface area contributed by atoms with E-state index in [9.17, 15) is 0 Å². The van der Waals surface area contributed by atoms with Gasteiger partial charge < -0.3 is 15.1 Å². The summed E-state index contributed by atoms with van der Waals surface area (Å²) in [5.74, 6) is 0.927. The van der Waals surface area contributed by atoms with Crippen LogP contribution in [0.3, 0.4) is 0 Å². The van der Waals surface area contributed by atoms with Crippen molar-refractivity contribution in [3.63, 3.8) is 0 Å². The van der Waals surface area contributed by atoms with E-state index in [4.69, 9.17) is 10.2 Å². The van der Waals surface area contributed by atoms with Crippen molar-refractivity contribution in [1.29, 1.82) is 0 Å². The Hall–Kier alpha value is -2.49. The molecule has 0 aliphatic carbocycles. The van der Waals surface area contributed by atoms with Crippen LogP contribution in [-0.2, 0) is 6.54 Å². The summed E-state index contributed by atoms with van der Waals surface area (Å²) in [6, 6.07) is 11.7. The fraction of sp³-hybridized carbons (Fsp3) is 0.133. The maximum absolute atomic E-state index is 5.96. The van der Waals surface area contributed by atoms with Crippen LogP contribution in [0.2, 0.25) is 0 Å². The zero-order valence-electron chi connectivity index (χ0n) is 10.7. The topological polar surface area (TPSA) is 55.3 Å². The van der Waals surface area contributed by atoms with Crippen molar-refractivity contribution in [1.82, 2.24) is 4.98 Å². The SMILES string of the molecule is CN(Cc1ccco1)c1ccnc2c(N)cccc12. The van der Waals surface area contributed by atoms with E-state index in [1.54, 1.807) is 12.5 Å². The molecule has 96 valence electrons. The lowest BCUT2D eigenvalue weighted by Crippen LogP contribution is -2.16. The third-order valence-corrected chi connectivity index (χ3v) is 3.16. The van der Waals surface area contributed by atoms with E-state index in [0.29, 0.717) is 12.2 Å². The highest BCUT2D eigenvalue weighted by Crippen LogP contribution is 2.28. The molecular weight excluding hydrogens is 238 g/mol. The molecular formula is C15H15N3O. The summed E-state index contributed by atoms with van der Waals surface area (Å²) in [6.07, 6.45) is 3.47. The van der Waals surface area contributed by atoms with E-state index in [1.807, 2.05) is 43.4 Å². The zero-order valence-corrected chi connectivity index (χ0v) is 10.7. The zero-order chi connectivity index (χ0) is 13.2. The number of anilines is 2. The Morgan fingerprint density at radius 3 is 2.89 bits per heavy atom. The monoisotopic (exact) mass is 253 g/mol. The Labute approximate surface area is 111 Å². The maximum Gasteiger partial charge on any atom is 0.123 e. The maximum atomic E-state index is 5.96. The van der Waals surface area contributed by atoms with Crippen molar-refractivity contribution in [2.75, 3.05) is 17.7 Å². The molecule has 2 aromatic heterocycles. The summed E-state index contributed by atoms with van der Waals surface area (Å²) >= 11 is 0. The number of rotatable bonds is 3. The summed E-state index contributed by atoms with van der Waals surface area (Å²) in [5.41, 5.74) is 8.59. The number of pyridine rings is 1. The molecule has 1 aromatic carbocycles. The van der Waals surface area contributed by atoms with Gasteiger partial charge in [-0.25, -0.2) is 0 Å². The Morgan fingerprint density at radius 2 is 2.11 bits per heavy atom. The quantitative estimate of drug-likeness (QED) is 0.729. The molecule has 0 aliphatic heterocycles. The number of hydrogen-bond acceptors (Lipinski definition) is 4. The fourth-order valence-corrected chi connectivity index (χ4v) is 2.24. The second-order valence-electron chi connectivity index (χ2n) is 4.51. The Morgan fingerprint density at radius 1 is 1.21 bits per heavy atom. The van der Waals surface area contributed by atoms with E-state index in [-0.39, 0.29) is 0 Å². The molecule has 3 rings (SSSR count). The first kappa shape index (κ1) is 11.6. The third-order valence-electron chi connectivity index (χ3n) is 3.16. The molecule has 0 spiro atoms. The lowest BCUT2D eigenvalue weighted by Gasteiger charge is -2.20. The van der Waals surface area contributed by atoms with Crippen molar-refractivity contribution in [3.8, 4) is 0 Å². The summed E-state index contributed by atoms with van der Waals surface area (Å²) in [6.45, 7) is 0.709. The Bertz CT molecular complexity index is 692. The molecule has 0 saturated heterocycles. The van der Waals surface area contributed by atoms with Crippen molar-refractivity contribution in [2.24, 2.45) is 0 Å². The molecule has 0 radical (unpaired) electrons. The average Bonchev–Trinajstić information content (AvgIpc) is 2.91. The molecule has 0 saturated carbocycles. The second kappa shape index (κ2) is 4.65. The minimum atomic E-state index is 0.700. The van der Waals surface area contributed by atoms with Crippen LogP contribution in [-0.4, -0.2) is 12.0 Å². The lowest BCUT2D eigenvalue weighted by atomic mass is 10.1. The molecule has 0 bridgehead atoms. The minimum absolute atomic E-state index is 0.700. The number of nitrogens with two attached hydrogens (primary N) is 1. The van der Waals surface area contributed by atoms with Gasteiger partial charge in [0.2, 0.25) is 0 Å². The Balaban J connectivity index is 2.02. The molecule has 2 heterocycles. The highest BCUT2D eigenvalue weighted by Gasteiger charge is 2.09. The highest BCUT2D eigenvalue weighted by molar-refractivity contribution is 5.97.